The maximum atomic E-state index is 11.9. The van der Waals surface area contributed by atoms with Gasteiger partial charge in [0.2, 0.25) is 0 Å². The van der Waals surface area contributed by atoms with Crippen LogP contribution in [-0.2, 0) is 11.3 Å². The van der Waals surface area contributed by atoms with Crippen molar-refractivity contribution in [1.82, 2.24) is 0 Å². The standard InChI is InChI=1S/C18H17ClO4/c1-3-10-22-18(20)13-8-9-16(21-2)17(11-13)23-12-14-6-4-5-7-15(14)19/h3-9,11H,1,10,12H2,2H3. The van der Waals surface area contributed by atoms with Crippen LogP contribution in [0.1, 0.15) is 15.9 Å². The van der Waals surface area contributed by atoms with Crippen LogP contribution in [0, 0.1) is 0 Å². The number of hydrogen-bond acceptors (Lipinski definition) is 4. The fourth-order valence-electron chi connectivity index (χ4n) is 1.91. The number of methoxy groups -OCH3 is 1. The first-order valence-electron chi connectivity index (χ1n) is 6.98. The molecule has 2 aromatic carbocycles. The minimum atomic E-state index is -0.449. The fourth-order valence-corrected chi connectivity index (χ4v) is 2.10. The highest BCUT2D eigenvalue weighted by molar-refractivity contribution is 6.31. The molecule has 5 heteroatoms. The summed E-state index contributed by atoms with van der Waals surface area (Å²) in [4.78, 5) is 11.9. The Balaban J connectivity index is 2.17. The van der Waals surface area contributed by atoms with Crippen LogP contribution in [0.25, 0.3) is 0 Å². The zero-order valence-electron chi connectivity index (χ0n) is 12.8. The number of rotatable bonds is 7. The molecule has 120 valence electrons. The molecule has 0 atom stereocenters. The zero-order valence-corrected chi connectivity index (χ0v) is 13.5. The van der Waals surface area contributed by atoms with E-state index in [2.05, 4.69) is 6.58 Å². The van der Waals surface area contributed by atoms with Crippen LogP contribution in [0.5, 0.6) is 11.5 Å². The van der Waals surface area contributed by atoms with Gasteiger partial charge in [0.25, 0.3) is 0 Å². The number of esters is 1. The molecule has 0 aromatic heterocycles. The van der Waals surface area contributed by atoms with Gasteiger partial charge in [0.05, 0.1) is 12.7 Å². The summed E-state index contributed by atoms with van der Waals surface area (Å²) in [6.07, 6.45) is 1.51. The molecule has 0 saturated heterocycles. The van der Waals surface area contributed by atoms with E-state index in [4.69, 9.17) is 25.8 Å². The third-order valence-corrected chi connectivity index (χ3v) is 3.44. The average Bonchev–Trinajstić information content (AvgIpc) is 2.58. The Labute approximate surface area is 140 Å². The predicted octanol–water partition coefficient (Wildman–Crippen LogP) is 4.27. The molecule has 0 aliphatic rings. The maximum Gasteiger partial charge on any atom is 0.338 e. The molecule has 0 amide bonds. The molecule has 0 heterocycles. The van der Waals surface area contributed by atoms with Crippen LogP contribution in [0.4, 0.5) is 0 Å². The van der Waals surface area contributed by atoms with Gasteiger partial charge in [0, 0.05) is 10.6 Å². The molecule has 0 unspecified atom stereocenters. The highest BCUT2D eigenvalue weighted by Gasteiger charge is 2.12. The van der Waals surface area contributed by atoms with Gasteiger partial charge in [0.1, 0.15) is 13.2 Å². The molecule has 0 aliphatic heterocycles. The average molecular weight is 333 g/mol. The second-order valence-electron chi connectivity index (χ2n) is 4.63. The van der Waals surface area contributed by atoms with Gasteiger partial charge in [-0.3, -0.25) is 0 Å². The highest BCUT2D eigenvalue weighted by atomic mass is 35.5. The predicted molar refractivity (Wildman–Crippen MR) is 89.3 cm³/mol. The van der Waals surface area contributed by atoms with E-state index in [1.807, 2.05) is 18.2 Å². The number of benzene rings is 2. The van der Waals surface area contributed by atoms with Crippen LogP contribution < -0.4 is 9.47 Å². The van der Waals surface area contributed by atoms with Crippen molar-refractivity contribution in [2.45, 2.75) is 6.61 Å². The number of hydrogen-bond donors (Lipinski definition) is 0. The van der Waals surface area contributed by atoms with Crippen molar-refractivity contribution in [2.24, 2.45) is 0 Å². The van der Waals surface area contributed by atoms with E-state index in [0.717, 1.165) is 5.56 Å². The number of halogens is 1. The zero-order chi connectivity index (χ0) is 16.7. The summed E-state index contributed by atoms with van der Waals surface area (Å²) in [5.41, 5.74) is 1.22. The summed E-state index contributed by atoms with van der Waals surface area (Å²) in [5.74, 6) is 0.521. The monoisotopic (exact) mass is 332 g/mol. The summed E-state index contributed by atoms with van der Waals surface area (Å²) in [6.45, 7) is 3.93. The van der Waals surface area contributed by atoms with E-state index in [1.54, 1.807) is 24.3 Å². The molecule has 0 saturated carbocycles. The molecule has 2 rings (SSSR count). The molecule has 4 nitrogen and oxygen atoms in total. The third-order valence-electron chi connectivity index (χ3n) is 3.07. The highest BCUT2D eigenvalue weighted by Crippen LogP contribution is 2.30. The van der Waals surface area contributed by atoms with Gasteiger partial charge in [-0.05, 0) is 24.3 Å². The first kappa shape index (κ1) is 16.9. The molecule has 0 fully saturated rings. The quantitative estimate of drug-likeness (QED) is 0.561. The van der Waals surface area contributed by atoms with Crippen molar-refractivity contribution in [3.63, 3.8) is 0 Å². The Morgan fingerprint density at radius 2 is 2.00 bits per heavy atom. The fraction of sp³-hybridized carbons (Fsp3) is 0.167. The molecular weight excluding hydrogens is 316 g/mol. The summed E-state index contributed by atoms with van der Waals surface area (Å²) >= 11 is 6.11. The van der Waals surface area contributed by atoms with Crippen molar-refractivity contribution < 1.29 is 19.0 Å². The maximum absolute atomic E-state index is 11.9. The van der Waals surface area contributed by atoms with Crippen LogP contribution in [0.15, 0.2) is 55.1 Å². The summed E-state index contributed by atoms with van der Waals surface area (Å²) < 4.78 is 16.0. The SMILES string of the molecule is C=CCOC(=O)c1ccc(OC)c(OCc2ccccc2Cl)c1. The van der Waals surface area contributed by atoms with Crippen LogP contribution >= 0.6 is 11.6 Å². The Morgan fingerprint density at radius 3 is 2.70 bits per heavy atom. The van der Waals surface area contributed by atoms with E-state index in [9.17, 15) is 4.79 Å². The number of ether oxygens (including phenoxy) is 3. The lowest BCUT2D eigenvalue weighted by molar-refractivity contribution is 0.0549. The van der Waals surface area contributed by atoms with E-state index in [0.29, 0.717) is 22.1 Å². The lowest BCUT2D eigenvalue weighted by Gasteiger charge is -2.12. The number of carbonyl (C=O) groups is 1. The van der Waals surface area contributed by atoms with Gasteiger partial charge in [-0.25, -0.2) is 4.79 Å². The molecule has 0 spiro atoms. The van der Waals surface area contributed by atoms with Gasteiger partial charge in [0.15, 0.2) is 11.5 Å². The molecule has 2 aromatic rings. The van der Waals surface area contributed by atoms with Crippen molar-refractivity contribution in [1.29, 1.82) is 0 Å². The Morgan fingerprint density at radius 1 is 1.22 bits per heavy atom. The molecule has 0 radical (unpaired) electrons. The van der Waals surface area contributed by atoms with E-state index in [1.165, 1.54) is 13.2 Å². The molecule has 0 aliphatic carbocycles. The number of carbonyl (C=O) groups excluding carboxylic acids is 1. The molecule has 0 bridgehead atoms. The Hall–Kier alpha value is -2.46. The van der Waals surface area contributed by atoms with Crippen LogP contribution in [0.3, 0.4) is 0 Å². The van der Waals surface area contributed by atoms with Gasteiger partial charge in [-0.1, -0.05) is 42.5 Å². The van der Waals surface area contributed by atoms with E-state index < -0.39 is 5.97 Å². The van der Waals surface area contributed by atoms with Crippen molar-refractivity contribution in [2.75, 3.05) is 13.7 Å². The molecule has 0 N–H and O–H groups in total. The van der Waals surface area contributed by atoms with Gasteiger partial charge < -0.3 is 14.2 Å². The van der Waals surface area contributed by atoms with Crippen LogP contribution in [0.2, 0.25) is 5.02 Å². The minimum absolute atomic E-state index is 0.153. The lowest BCUT2D eigenvalue weighted by atomic mass is 10.2. The van der Waals surface area contributed by atoms with E-state index >= 15 is 0 Å². The largest absolute Gasteiger partial charge is 0.493 e. The van der Waals surface area contributed by atoms with Gasteiger partial charge in [-0.15, -0.1) is 0 Å². The second kappa shape index (κ2) is 8.25. The molecular formula is C18H17ClO4. The summed E-state index contributed by atoms with van der Waals surface area (Å²) in [6, 6.07) is 12.3. The topological polar surface area (TPSA) is 44.8 Å². The van der Waals surface area contributed by atoms with Crippen molar-refractivity contribution in [3.05, 3.63) is 71.3 Å². The second-order valence-corrected chi connectivity index (χ2v) is 5.04. The van der Waals surface area contributed by atoms with Crippen molar-refractivity contribution in [3.8, 4) is 11.5 Å². The first-order chi connectivity index (χ1) is 11.2. The van der Waals surface area contributed by atoms with Gasteiger partial charge in [-0.2, -0.15) is 0 Å². The molecule has 23 heavy (non-hydrogen) atoms. The van der Waals surface area contributed by atoms with Crippen LogP contribution in [-0.4, -0.2) is 19.7 Å². The Kier molecular flexibility index (Phi) is 6.06. The smallest absolute Gasteiger partial charge is 0.338 e. The van der Waals surface area contributed by atoms with Gasteiger partial charge >= 0.3 is 5.97 Å². The Bertz CT molecular complexity index is 697. The van der Waals surface area contributed by atoms with Crippen molar-refractivity contribution >= 4 is 17.6 Å². The first-order valence-corrected chi connectivity index (χ1v) is 7.35. The van der Waals surface area contributed by atoms with E-state index in [-0.39, 0.29) is 13.2 Å². The third kappa shape index (κ3) is 4.50. The minimum Gasteiger partial charge on any atom is -0.493 e. The summed E-state index contributed by atoms with van der Waals surface area (Å²) in [5, 5.41) is 0.619. The summed E-state index contributed by atoms with van der Waals surface area (Å²) in [7, 11) is 1.54. The lowest BCUT2D eigenvalue weighted by Crippen LogP contribution is -2.06. The normalized spacial score (nSPS) is 10.0.